The van der Waals surface area contributed by atoms with Crippen molar-refractivity contribution in [1.29, 1.82) is 0 Å². The van der Waals surface area contributed by atoms with E-state index in [2.05, 4.69) is 10.6 Å². The lowest BCUT2D eigenvalue weighted by molar-refractivity contribution is -0.147. The van der Waals surface area contributed by atoms with Crippen molar-refractivity contribution in [3.8, 4) is 5.75 Å². The second kappa shape index (κ2) is 11.0. The maximum atomic E-state index is 12.1. The number of rotatable bonds is 9. The molecule has 2 aromatic carbocycles. The molecule has 8 heteroatoms. The normalized spacial score (nSPS) is 10.1. The van der Waals surface area contributed by atoms with Gasteiger partial charge in [0.2, 0.25) is 0 Å². The molecule has 0 bridgehead atoms. The number of hydrogen-bond donors (Lipinski definition) is 2. The van der Waals surface area contributed by atoms with Crippen molar-refractivity contribution in [2.75, 3.05) is 31.8 Å². The number of para-hydroxylation sites is 2. The van der Waals surface area contributed by atoms with Gasteiger partial charge in [-0.1, -0.05) is 24.3 Å². The number of carbonyl (C=O) groups excluding carboxylic acids is 3. The molecule has 28 heavy (non-hydrogen) atoms. The minimum Gasteiger partial charge on any atom is -0.496 e. The number of anilines is 1. The molecule has 0 saturated heterocycles. The summed E-state index contributed by atoms with van der Waals surface area (Å²) in [5.74, 6) is -0.900. The lowest BCUT2D eigenvalue weighted by Crippen LogP contribution is -2.28. The van der Waals surface area contributed by atoms with Crippen LogP contribution in [0.1, 0.15) is 16.8 Å². The highest BCUT2D eigenvalue weighted by molar-refractivity contribution is 7.98. The van der Waals surface area contributed by atoms with Crippen molar-refractivity contribution in [3.63, 3.8) is 0 Å². The third kappa shape index (κ3) is 6.31. The van der Waals surface area contributed by atoms with Crippen LogP contribution >= 0.6 is 11.8 Å². The Balaban J connectivity index is 1.72. The molecule has 2 N–H and O–H groups in total. The molecule has 2 aromatic rings. The van der Waals surface area contributed by atoms with Crippen LogP contribution < -0.4 is 15.4 Å². The first kappa shape index (κ1) is 21.3. The van der Waals surface area contributed by atoms with E-state index in [0.717, 1.165) is 4.90 Å². The van der Waals surface area contributed by atoms with Gasteiger partial charge in [0, 0.05) is 11.4 Å². The van der Waals surface area contributed by atoms with E-state index in [-0.39, 0.29) is 25.5 Å². The van der Waals surface area contributed by atoms with Gasteiger partial charge in [0.15, 0.2) is 6.61 Å². The fourth-order valence-electron chi connectivity index (χ4n) is 2.36. The highest BCUT2D eigenvalue weighted by Crippen LogP contribution is 2.24. The number of nitrogens with one attached hydrogen (secondary N) is 2. The average molecular weight is 402 g/mol. The van der Waals surface area contributed by atoms with E-state index >= 15 is 0 Å². The van der Waals surface area contributed by atoms with Gasteiger partial charge in [0.1, 0.15) is 5.75 Å². The summed E-state index contributed by atoms with van der Waals surface area (Å²) >= 11 is 1.50. The molecule has 0 atom stereocenters. The van der Waals surface area contributed by atoms with Crippen LogP contribution in [0.25, 0.3) is 0 Å². The molecular weight excluding hydrogens is 380 g/mol. The Hall–Kier alpha value is -3.00. The van der Waals surface area contributed by atoms with Gasteiger partial charge in [-0.3, -0.25) is 14.4 Å². The van der Waals surface area contributed by atoms with Gasteiger partial charge >= 0.3 is 5.97 Å². The number of hydrogen-bond acceptors (Lipinski definition) is 6. The Morgan fingerprint density at radius 2 is 1.75 bits per heavy atom. The lowest BCUT2D eigenvalue weighted by Gasteiger charge is -2.10. The van der Waals surface area contributed by atoms with Gasteiger partial charge in [-0.05, 0) is 30.5 Å². The van der Waals surface area contributed by atoms with Gasteiger partial charge in [-0.25, -0.2) is 0 Å². The molecule has 0 aliphatic rings. The van der Waals surface area contributed by atoms with Crippen LogP contribution in [-0.4, -0.2) is 44.3 Å². The Morgan fingerprint density at radius 1 is 1.04 bits per heavy atom. The lowest BCUT2D eigenvalue weighted by atomic mass is 10.2. The average Bonchev–Trinajstić information content (AvgIpc) is 2.72. The topological polar surface area (TPSA) is 93.7 Å². The molecule has 0 aliphatic heterocycles. The second-order valence-electron chi connectivity index (χ2n) is 5.62. The number of thioether (sulfide) groups is 1. The summed E-state index contributed by atoms with van der Waals surface area (Å²) in [6, 6.07) is 14.1. The number of ether oxygens (including phenoxy) is 2. The van der Waals surface area contributed by atoms with Crippen LogP contribution in [0.2, 0.25) is 0 Å². The van der Waals surface area contributed by atoms with E-state index in [1.807, 2.05) is 24.5 Å². The fourth-order valence-corrected chi connectivity index (χ4v) is 2.91. The van der Waals surface area contributed by atoms with E-state index < -0.39 is 11.9 Å². The fraction of sp³-hybridized carbons (Fsp3) is 0.250. The summed E-state index contributed by atoms with van der Waals surface area (Å²) in [6.45, 7) is -0.297. The molecule has 0 saturated carbocycles. The van der Waals surface area contributed by atoms with Crippen molar-refractivity contribution in [2.45, 2.75) is 11.3 Å². The Bertz CT molecular complexity index is 841. The van der Waals surface area contributed by atoms with Gasteiger partial charge in [-0.15, -0.1) is 11.8 Å². The molecule has 0 aromatic heterocycles. The number of methoxy groups -OCH3 is 1. The van der Waals surface area contributed by atoms with E-state index in [4.69, 9.17) is 9.47 Å². The Morgan fingerprint density at radius 3 is 2.50 bits per heavy atom. The molecule has 7 nitrogen and oxygen atoms in total. The SMILES string of the molecule is COc1ccccc1C(=O)NCCC(=O)OCC(=O)Nc1ccccc1SC. The number of benzene rings is 2. The number of amides is 2. The molecule has 148 valence electrons. The first-order valence-corrected chi connectivity index (χ1v) is 9.77. The van der Waals surface area contributed by atoms with Crippen LogP contribution in [0.5, 0.6) is 5.75 Å². The van der Waals surface area contributed by atoms with E-state index in [9.17, 15) is 14.4 Å². The molecule has 0 fully saturated rings. The quantitative estimate of drug-likeness (QED) is 0.495. The zero-order valence-corrected chi connectivity index (χ0v) is 16.5. The third-order valence-corrected chi connectivity index (χ3v) is 4.51. The van der Waals surface area contributed by atoms with E-state index in [1.54, 1.807) is 30.3 Å². The Labute approximate surface area is 167 Å². The van der Waals surface area contributed by atoms with Crippen LogP contribution in [0.3, 0.4) is 0 Å². The molecule has 0 unspecified atom stereocenters. The minimum absolute atomic E-state index is 0.0461. The molecule has 0 heterocycles. The van der Waals surface area contributed by atoms with Gasteiger partial charge in [-0.2, -0.15) is 0 Å². The van der Waals surface area contributed by atoms with E-state index in [0.29, 0.717) is 17.0 Å². The Kier molecular flexibility index (Phi) is 8.36. The van der Waals surface area contributed by atoms with Crippen LogP contribution in [0, 0.1) is 0 Å². The number of carbonyl (C=O) groups is 3. The predicted molar refractivity (Wildman–Crippen MR) is 108 cm³/mol. The predicted octanol–water partition coefficient (Wildman–Crippen LogP) is 2.72. The van der Waals surface area contributed by atoms with Gasteiger partial charge in [0.05, 0.1) is 24.8 Å². The smallest absolute Gasteiger partial charge is 0.308 e. The largest absolute Gasteiger partial charge is 0.496 e. The summed E-state index contributed by atoms with van der Waals surface area (Å²) in [4.78, 5) is 36.8. The zero-order chi connectivity index (χ0) is 20.4. The monoisotopic (exact) mass is 402 g/mol. The molecule has 0 aliphatic carbocycles. The van der Waals surface area contributed by atoms with Crippen LogP contribution in [0.15, 0.2) is 53.4 Å². The van der Waals surface area contributed by atoms with Gasteiger partial charge < -0.3 is 20.1 Å². The third-order valence-electron chi connectivity index (χ3n) is 3.71. The summed E-state index contributed by atoms with van der Waals surface area (Å²) < 4.78 is 10.1. The molecule has 0 radical (unpaired) electrons. The maximum absolute atomic E-state index is 12.1. The van der Waals surface area contributed by atoms with Gasteiger partial charge in [0.25, 0.3) is 11.8 Å². The minimum atomic E-state index is -0.575. The maximum Gasteiger partial charge on any atom is 0.308 e. The molecular formula is C20H22N2O5S. The highest BCUT2D eigenvalue weighted by atomic mass is 32.2. The first-order chi connectivity index (χ1) is 13.5. The highest BCUT2D eigenvalue weighted by Gasteiger charge is 2.13. The summed E-state index contributed by atoms with van der Waals surface area (Å²) in [5.41, 5.74) is 1.05. The summed E-state index contributed by atoms with van der Waals surface area (Å²) in [5, 5.41) is 5.33. The van der Waals surface area contributed by atoms with Crippen molar-refractivity contribution >= 4 is 35.2 Å². The van der Waals surface area contributed by atoms with Crippen molar-refractivity contribution < 1.29 is 23.9 Å². The molecule has 2 amide bonds. The van der Waals surface area contributed by atoms with Crippen molar-refractivity contribution in [2.24, 2.45) is 0 Å². The standard InChI is InChI=1S/C20H22N2O5S/c1-26-16-9-5-3-7-14(16)20(25)21-12-11-19(24)27-13-18(23)22-15-8-4-6-10-17(15)28-2/h3-10H,11-13H2,1-2H3,(H,21,25)(H,22,23). The molecule has 0 spiro atoms. The summed E-state index contributed by atoms with van der Waals surface area (Å²) in [7, 11) is 1.48. The number of esters is 1. The van der Waals surface area contributed by atoms with Crippen molar-refractivity contribution in [1.82, 2.24) is 5.32 Å². The molecule has 2 rings (SSSR count). The zero-order valence-electron chi connectivity index (χ0n) is 15.7. The van der Waals surface area contributed by atoms with Crippen LogP contribution in [0.4, 0.5) is 5.69 Å². The first-order valence-electron chi connectivity index (χ1n) is 8.55. The summed E-state index contributed by atoms with van der Waals surface area (Å²) in [6.07, 6.45) is 1.86. The van der Waals surface area contributed by atoms with E-state index in [1.165, 1.54) is 18.9 Å². The van der Waals surface area contributed by atoms with Crippen LogP contribution in [-0.2, 0) is 14.3 Å². The second-order valence-corrected chi connectivity index (χ2v) is 6.46. The van der Waals surface area contributed by atoms with Crippen molar-refractivity contribution in [3.05, 3.63) is 54.1 Å².